The van der Waals surface area contributed by atoms with Crippen molar-refractivity contribution in [3.8, 4) is 0 Å². The van der Waals surface area contributed by atoms with Crippen LogP contribution < -0.4 is 10.0 Å². The van der Waals surface area contributed by atoms with E-state index in [1.54, 1.807) is 25.2 Å². The molecule has 0 aliphatic heterocycles. The summed E-state index contributed by atoms with van der Waals surface area (Å²) < 4.78 is 26.7. The van der Waals surface area contributed by atoms with Crippen LogP contribution in [-0.4, -0.2) is 27.8 Å². The Bertz CT molecular complexity index is 479. The molecule has 1 aromatic rings. The molecule has 0 saturated heterocycles. The molecule has 0 amide bonds. The van der Waals surface area contributed by atoms with Crippen molar-refractivity contribution in [3.63, 3.8) is 0 Å². The fraction of sp³-hybridized carbons (Fsp3) is 0.400. The minimum atomic E-state index is -3.33. The highest BCUT2D eigenvalue weighted by Gasteiger charge is 2.11. The molecular weight excluding hydrogens is 328 g/mol. The van der Waals surface area contributed by atoms with Crippen molar-refractivity contribution in [2.24, 2.45) is 0 Å². The molecule has 1 aromatic carbocycles. The van der Waals surface area contributed by atoms with Gasteiger partial charge < -0.3 is 5.32 Å². The van der Waals surface area contributed by atoms with Crippen LogP contribution in [0.1, 0.15) is 6.42 Å². The molecule has 0 fully saturated rings. The van der Waals surface area contributed by atoms with Gasteiger partial charge in [-0.3, -0.25) is 4.72 Å². The van der Waals surface area contributed by atoms with Crippen LogP contribution in [0.4, 0.5) is 5.69 Å². The zero-order valence-electron chi connectivity index (χ0n) is 9.33. The van der Waals surface area contributed by atoms with Gasteiger partial charge in [-0.15, -0.1) is 0 Å². The molecule has 96 valence electrons. The molecule has 0 aromatic heterocycles. The Morgan fingerprint density at radius 3 is 2.71 bits per heavy atom. The normalized spacial score (nSPS) is 11.5. The lowest BCUT2D eigenvalue weighted by molar-refractivity contribution is 0.597. The number of benzene rings is 1. The molecule has 7 heteroatoms. The number of hydrogen-bond donors (Lipinski definition) is 2. The molecule has 0 saturated carbocycles. The molecule has 1 rings (SSSR count). The third-order valence-electron chi connectivity index (χ3n) is 2.04. The molecule has 0 spiro atoms. The van der Waals surface area contributed by atoms with Gasteiger partial charge in [0.05, 0.1) is 16.5 Å². The Balaban J connectivity index is 2.69. The highest BCUT2D eigenvalue weighted by molar-refractivity contribution is 9.10. The molecule has 0 atom stereocenters. The van der Waals surface area contributed by atoms with E-state index in [1.807, 2.05) is 0 Å². The first-order chi connectivity index (χ1) is 7.94. The summed E-state index contributed by atoms with van der Waals surface area (Å²) in [5, 5.41) is 3.27. The third kappa shape index (κ3) is 5.25. The number of sulfonamides is 1. The lowest BCUT2D eigenvalue weighted by Crippen LogP contribution is -2.20. The second-order valence-electron chi connectivity index (χ2n) is 3.50. The highest BCUT2D eigenvalue weighted by Crippen LogP contribution is 2.26. The third-order valence-corrected chi connectivity index (χ3v) is 4.20. The summed E-state index contributed by atoms with van der Waals surface area (Å²) in [6.07, 6.45) is 0.556. The van der Waals surface area contributed by atoms with Crippen molar-refractivity contribution in [1.82, 2.24) is 5.32 Å². The van der Waals surface area contributed by atoms with Crippen LogP contribution in [0.15, 0.2) is 22.7 Å². The van der Waals surface area contributed by atoms with Gasteiger partial charge in [0.25, 0.3) is 0 Å². The number of anilines is 1. The Morgan fingerprint density at radius 1 is 1.41 bits per heavy atom. The van der Waals surface area contributed by atoms with Crippen LogP contribution in [0.2, 0.25) is 5.02 Å². The number of hydrogen-bond acceptors (Lipinski definition) is 3. The largest absolute Gasteiger partial charge is 0.320 e. The van der Waals surface area contributed by atoms with E-state index in [0.717, 1.165) is 4.47 Å². The van der Waals surface area contributed by atoms with E-state index in [0.29, 0.717) is 23.7 Å². The van der Waals surface area contributed by atoms with Crippen LogP contribution in [0.5, 0.6) is 0 Å². The fourth-order valence-corrected chi connectivity index (χ4v) is 3.15. The Morgan fingerprint density at radius 2 is 2.12 bits per heavy atom. The second kappa shape index (κ2) is 6.58. The van der Waals surface area contributed by atoms with E-state index in [2.05, 4.69) is 26.0 Å². The lowest BCUT2D eigenvalue weighted by atomic mass is 10.3. The smallest absolute Gasteiger partial charge is 0.232 e. The maximum atomic E-state index is 11.7. The maximum absolute atomic E-state index is 11.7. The topological polar surface area (TPSA) is 58.2 Å². The van der Waals surface area contributed by atoms with Crippen LogP contribution >= 0.6 is 27.5 Å². The van der Waals surface area contributed by atoms with Gasteiger partial charge in [-0.05, 0) is 38.2 Å². The number of rotatable bonds is 6. The summed E-state index contributed by atoms with van der Waals surface area (Å²) >= 11 is 9.18. The molecule has 0 aliphatic rings. The van der Waals surface area contributed by atoms with Crippen LogP contribution in [0.25, 0.3) is 0 Å². The molecule has 0 radical (unpaired) electrons. The molecular formula is C10H14BrClN2O2S. The SMILES string of the molecule is CNCCCS(=O)(=O)Nc1ccc(Br)cc1Cl. The zero-order valence-corrected chi connectivity index (χ0v) is 12.5. The lowest BCUT2D eigenvalue weighted by Gasteiger charge is -2.09. The van der Waals surface area contributed by atoms with E-state index >= 15 is 0 Å². The molecule has 4 nitrogen and oxygen atoms in total. The van der Waals surface area contributed by atoms with E-state index in [-0.39, 0.29) is 5.75 Å². The number of halogens is 2. The summed E-state index contributed by atoms with van der Waals surface area (Å²) in [4.78, 5) is 0. The first kappa shape index (κ1) is 14.8. The predicted molar refractivity (Wildman–Crippen MR) is 75.1 cm³/mol. The summed E-state index contributed by atoms with van der Waals surface area (Å²) in [5.74, 6) is 0.0697. The van der Waals surface area contributed by atoms with Gasteiger partial charge in [-0.2, -0.15) is 0 Å². The standard InChI is InChI=1S/C10H14BrClN2O2S/c1-13-5-2-6-17(15,16)14-10-4-3-8(11)7-9(10)12/h3-4,7,13-14H,2,5-6H2,1H3. The summed E-state index contributed by atoms with van der Waals surface area (Å²) in [6, 6.07) is 5.01. The van der Waals surface area contributed by atoms with Gasteiger partial charge >= 0.3 is 0 Å². The molecule has 0 heterocycles. The maximum Gasteiger partial charge on any atom is 0.232 e. The fourth-order valence-electron chi connectivity index (χ4n) is 1.23. The monoisotopic (exact) mass is 340 g/mol. The van der Waals surface area contributed by atoms with E-state index in [9.17, 15) is 8.42 Å². The average Bonchev–Trinajstić information content (AvgIpc) is 2.22. The average molecular weight is 342 g/mol. The van der Waals surface area contributed by atoms with Gasteiger partial charge in [-0.25, -0.2) is 8.42 Å². The number of nitrogens with one attached hydrogen (secondary N) is 2. The molecule has 17 heavy (non-hydrogen) atoms. The van der Waals surface area contributed by atoms with Crippen molar-refractivity contribution in [2.45, 2.75) is 6.42 Å². The minimum Gasteiger partial charge on any atom is -0.320 e. The predicted octanol–water partition coefficient (Wildman–Crippen LogP) is 2.45. The van der Waals surface area contributed by atoms with E-state index in [4.69, 9.17) is 11.6 Å². The van der Waals surface area contributed by atoms with Crippen LogP contribution in [-0.2, 0) is 10.0 Å². The Hall–Kier alpha value is -0.300. The first-order valence-electron chi connectivity index (χ1n) is 5.05. The van der Waals surface area contributed by atoms with Crippen molar-refractivity contribution >= 4 is 43.2 Å². The zero-order chi connectivity index (χ0) is 12.9. The summed E-state index contributed by atoms with van der Waals surface area (Å²) in [5.41, 5.74) is 0.402. The van der Waals surface area contributed by atoms with Crippen molar-refractivity contribution in [3.05, 3.63) is 27.7 Å². The van der Waals surface area contributed by atoms with Gasteiger partial charge in [0.15, 0.2) is 0 Å². The minimum absolute atomic E-state index is 0.0697. The van der Waals surface area contributed by atoms with E-state index in [1.165, 1.54) is 0 Å². The van der Waals surface area contributed by atoms with Gasteiger partial charge in [0.1, 0.15) is 0 Å². The molecule has 0 unspecified atom stereocenters. The van der Waals surface area contributed by atoms with Crippen molar-refractivity contribution in [2.75, 3.05) is 24.1 Å². The van der Waals surface area contributed by atoms with Crippen LogP contribution in [0.3, 0.4) is 0 Å². The van der Waals surface area contributed by atoms with Crippen LogP contribution in [0, 0.1) is 0 Å². The van der Waals surface area contributed by atoms with Gasteiger partial charge in [0, 0.05) is 4.47 Å². The van der Waals surface area contributed by atoms with E-state index < -0.39 is 10.0 Å². The van der Waals surface area contributed by atoms with Crippen molar-refractivity contribution in [1.29, 1.82) is 0 Å². The Kier molecular flexibility index (Phi) is 5.72. The molecule has 0 bridgehead atoms. The van der Waals surface area contributed by atoms with Gasteiger partial charge in [0.2, 0.25) is 10.0 Å². The summed E-state index contributed by atoms with van der Waals surface area (Å²) in [6.45, 7) is 0.662. The molecule has 2 N–H and O–H groups in total. The highest BCUT2D eigenvalue weighted by atomic mass is 79.9. The summed E-state index contributed by atoms with van der Waals surface area (Å²) in [7, 11) is -1.55. The van der Waals surface area contributed by atoms with Gasteiger partial charge in [-0.1, -0.05) is 27.5 Å². The Labute approximate surface area is 115 Å². The first-order valence-corrected chi connectivity index (χ1v) is 7.87. The quantitative estimate of drug-likeness (QED) is 0.781. The molecule has 0 aliphatic carbocycles. The van der Waals surface area contributed by atoms with Crippen molar-refractivity contribution < 1.29 is 8.42 Å². The second-order valence-corrected chi connectivity index (χ2v) is 6.67.